The SMILES string of the molecule is N#C[C@H]1CCCC1C(=O)CO. The Morgan fingerprint density at radius 2 is 2.36 bits per heavy atom. The van der Waals surface area contributed by atoms with E-state index >= 15 is 0 Å². The monoisotopic (exact) mass is 153 g/mol. The molecule has 0 bridgehead atoms. The summed E-state index contributed by atoms with van der Waals surface area (Å²) in [4.78, 5) is 11.0. The van der Waals surface area contributed by atoms with Gasteiger partial charge in [0.05, 0.1) is 12.0 Å². The maximum atomic E-state index is 11.0. The smallest absolute Gasteiger partial charge is 0.162 e. The summed E-state index contributed by atoms with van der Waals surface area (Å²) in [6.45, 7) is -0.414. The van der Waals surface area contributed by atoms with Gasteiger partial charge < -0.3 is 5.11 Å². The van der Waals surface area contributed by atoms with Crippen LogP contribution in [0.2, 0.25) is 0 Å². The lowest BCUT2D eigenvalue weighted by molar-refractivity contribution is -0.126. The van der Waals surface area contributed by atoms with Crippen molar-refractivity contribution in [2.45, 2.75) is 19.3 Å². The van der Waals surface area contributed by atoms with Gasteiger partial charge in [-0.3, -0.25) is 4.79 Å². The lowest BCUT2D eigenvalue weighted by Crippen LogP contribution is -2.20. The Morgan fingerprint density at radius 3 is 2.91 bits per heavy atom. The Labute approximate surface area is 65.6 Å². The highest BCUT2D eigenvalue weighted by atomic mass is 16.3. The first-order valence-corrected chi connectivity index (χ1v) is 3.82. The fourth-order valence-corrected chi connectivity index (χ4v) is 1.62. The Bertz CT molecular complexity index is 195. The fourth-order valence-electron chi connectivity index (χ4n) is 1.62. The second-order valence-corrected chi connectivity index (χ2v) is 2.90. The molecule has 0 heterocycles. The molecule has 60 valence electrons. The minimum Gasteiger partial charge on any atom is -0.389 e. The van der Waals surface area contributed by atoms with Crippen molar-refractivity contribution in [2.75, 3.05) is 6.61 Å². The highest BCUT2D eigenvalue weighted by Crippen LogP contribution is 2.31. The molecule has 0 spiro atoms. The van der Waals surface area contributed by atoms with Crippen LogP contribution >= 0.6 is 0 Å². The number of aliphatic hydroxyl groups is 1. The van der Waals surface area contributed by atoms with Gasteiger partial charge in [-0.1, -0.05) is 6.42 Å². The molecule has 0 aromatic heterocycles. The Balaban J connectivity index is 2.58. The van der Waals surface area contributed by atoms with Crippen molar-refractivity contribution in [3.8, 4) is 6.07 Å². The van der Waals surface area contributed by atoms with Crippen molar-refractivity contribution >= 4 is 5.78 Å². The van der Waals surface area contributed by atoms with Gasteiger partial charge in [-0.05, 0) is 12.8 Å². The van der Waals surface area contributed by atoms with E-state index in [-0.39, 0.29) is 17.6 Å². The number of hydrogen-bond donors (Lipinski definition) is 1. The second kappa shape index (κ2) is 3.49. The molecule has 3 nitrogen and oxygen atoms in total. The summed E-state index contributed by atoms with van der Waals surface area (Å²) in [5, 5.41) is 17.1. The maximum Gasteiger partial charge on any atom is 0.162 e. The molecule has 1 N–H and O–H groups in total. The highest BCUT2D eigenvalue weighted by molar-refractivity contribution is 5.82. The van der Waals surface area contributed by atoms with Crippen LogP contribution in [0.1, 0.15) is 19.3 Å². The topological polar surface area (TPSA) is 61.1 Å². The zero-order chi connectivity index (χ0) is 8.27. The number of carbonyl (C=O) groups is 1. The van der Waals surface area contributed by atoms with E-state index in [1.807, 2.05) is 0 Å². The third-order valence-electron chi connectivity index (χ3n) is 2.25. The average Bonchev–Trinajstić information content (AvgIpc) is 2.50. The van der Waals surface area contributed by atoms with Crippen molar-refractivity contribution < 1.29 is 9.90 Å². The molecule has 0 amide bonds. The molecule has 0 aromatic rings. The van der Waals surface area contributed by atoms with Crippen LogP contribution in [-0.2, 0) is 4.79 Å². The van der Waals surface area contributed by atoms with Gasteiger partial charge in [0.25, 0.3) is 0 Å². The molecule has 2 atom stereocenters. The maximum absolute atomic E-state index is 11.0. The molecular weight excluding hydrogens is 142 g/mol. The highest BCUT2D eigenvalue weighted by Gasteiger charge is 2.31. The summed E-state index contributed by atoms with van der Waals surface area (Å²) in [5.41, 5.74) is 0. The Morgan fingerprint density at radius 1 is 1.64 bits per heavy atom. The molecule has 1 saturated carbocycles. The first-order valence-electron chi connectivity index (χ1n) is 3.82. The first kappa shape index (κ1) is 8.22. The fraction of sp³-hybridized carbons (Fsp3) is 0.750. The van der Waals surface area contributed by atoms with E-state index in [9.17, 15) is 4.79 Å². The van der Waals surface area contributed by atoms with Crippen molar-refractivity contribution in [2.24, 2.45) is 11.8 Å². The summed E-state index contributed by atoms with van der Waals surface area (Å²) in [5.74, 6) is -0.506. The van der Waals surface area contributed by atoms with Crippen LogP contribution in [0.3, 0.4) is 0 Å². The van der Waals surface area contributed by atoms with Crippen LogP contribution in [0.4, 0.5) is 0 Å². The number of nitriles is 1. The van der Waals surface area contributed by atoms with Gasteiger partial charge in [-0.15, -0.1) is 0 Å². The molecule has 0 saturated heterocycles. The van der Waals surface area contributed by atoms with Gasteiger partial charge >= 0.3 is 0 Å². The summed E-state index contributed by atoms with van der Waals surface area (Å²) in [6, 6.07) is 2.10. The standard InChI is InChI=1S/C8H11NO2/c9-4-6-2-1-3-7(6)8(11)5-10/h6-7,10H,1-3,5H2/t6-,7?/m1/s1. The van der Waals surface area contributed by atoms with E-state index in [2.05, 4.69) is 6.07 Å². The van der Waals surface area contributed by atoms with E-state index in [1.165, 1.54) is 0 Å². The number of carbonyl (C=O) groups excluding carboxylic acids is 1. The summed E-state index contributed by atoms with van der Waals surface area (Å²) < 4.78 is 0. The molecule has 3 heteroatoms. The molecule has 1 fully saturated rings. The zero-order valence-corrected chi connectivity index (χ0v) is 6.29. The summed E-state index contributed by atoms with van der Waals surface area (Å²) in [7, 11) is 0. The third-order valence-corrected chi connectivity index (χ3v) is 2.25. The molecule has 1 aliphatic carbocycles. The van der Waals surface area contributed by atoms with Crippen molar-refractivity contribution in [3.05, 3.63) is 0 Å². The molecular formula is C8H11NO2. The number of ketones is 1. The molecule has 11 heavy (non-hydrogen) atoms. The predicted molar refractivity (Wildman–Crippen MR) is 38.5 cm³/mol. The van der Waals surface area contributed by atoms with Crippen LogP contribution in [0.5, 0.6) is 0 Å². The quantitative estimate of drug-likeness (QED) is 0.628. The first-order chi connectivity index (χ1) is 5.29. The van der Waals surface area contributed by atoms with Gasteiger partial charge in [-0.25, -0.2) is 0 Å². The van der Waals surface area contributed by atoms with E-state index in [4.69, 9.17) is 10.4 Å². The van der Waals surface area contributed by atoms with Gasteiger partial charge in [0.15, 0.2) is 5.78 Å². The Kier molecular flexibility index (Phi) is 2.61. The Hall–Kier alpha value is -0.880. The largest absolute Gasteiger partial charge is 0.389 e. The molecule has 0 aromatic carbocycles. The van der Waals surface area contributed by atoms with E-state index in [0.29, 0.717) is 0 Å². The lowest BCUT2D eigenvalue weighted by atomic mass is 9.94. The van der Waals surface area contributed by atoms with Crippen molar-refractivity contribution in [1.82, 2.24) is 0 Å². The zero-order valence-electron chi connectivity index (χ0n) is 6.29. The minimum absolute atomic E-state index is 0.144. The van der Waals surface area contributed by atoms with Gasteiger partial charge in [0, 0.05) is 5.92 Å². The minimum atomic E-state index is -0.414. The molecule has 0 radical (unpaired) electrons. The van der Waals surface area contributed by atoms with Gasteiger partial charge in [0.1, 0.15) is 6.61 Å². The van der Waals surface area contributed by atoms with E-state index in [1.54, 1.807) is 0 Å². The summed E-state index contributed by atoms with van der Waals surface area (Å²) >= 11 is 0. The normalized spacial score (nSPS) is 29.8. The number of Topliss-reactive ketones (excluding diaryl/α,β-unsaturated/α-hetero) is 1. The number of rotatable bonds is 2. The van der Waals surface area contributed by atoms with Gasteiger partial charge in [0.2, 0.25) is 0 Å². The van der Waals surface area contributed by atoms with Crippen LogP contribution in [-0.4, -0.2) is 17.5 Å². The van der Waals surface area contributed by atoms with Crippen molar-refractivity contribution in [1.29, 1.82) is 5.26 Å². The molecule has 0 aliphatic heterocycles. The van der Waals surface area contributed by atoms with Crippen LogP contribution in [0.15, 0.2) is 0 Å². The van der Waals surface area contributed by atoms with Crippen LogP contribution < -0.4 is 0 Å². The van der Waals surface area contributed by atoms with Gasteiger partial charge in [-0.2, -0.15) is 5.26 Å². The van der Waals surface area contributed by atoms with Crippen LogP contribution in [0.25, 0.3) is 0 Å². The lowest BCUT2D eigenvalue weighted by Gasteiger charge is -2.08. The second-order valence-electron chi connectivity index (χ2n) is 2.90. The average molecular weight is 153 g/mol. The number of aliphatic hydroxyl groups excluding tert-OH is 1. The van der Waals surface area contributed by atoms with Crippen molar-refractivity contribution in [3.63, 3.8) is 0 Å². The third kappa shape index (κ3) is 1.58. The molecule has 1 unspecified atom stereocenters. The van der Waals surface area contributed by atoms with E-state index in [0.717, 1.165) is 19.3 Å². The van der Waals surface area contributed by atoms with E-state index < -0.39 is 6.61 Å². The van der Waals surface area contributed by atoms with Crippen LogP contribution in [0, 0.1) is 23.2 Å². The molecule has 1 aliphatic rings. The predicted octanol–water partition coefficient (Wildman–Crippen LogP) is 0.488. The number of hydrogen-bond acceptors (Lipinski definition) is 3. The molecule has 1 rings (SSSR count). The summed E-state index contributed by atoms with van der Waals surface area (Å²) in [6.07, 6.45) is 2.53. The number of nitrogens with zero attached hydrogens (tertiary/aromatic N) is 1.